The minimum atomic E-state index is -0.0124. The van der Waals surface area contributed by atoms with E-state index < -0.39 is 0 Å². The van der Waals surface area contributed by atoms with Crippen LogP contribution in [-0.4, -0.2) is 12.0 Å². The van der Waals surface area contributed by atoms with Gasteiger partial charge in [-0.25, -0.2) is 4.99 Å². The summed E-state index contributed by atoms with van der Waals surface area (Å²) in [4.78, 5) is 14.7. The van der Waals surface area contributed by atoms with E-state index in [1.54, 1.807) is 12.3 Å². The molecule has 0 N–H and O–H groups in total. The van der Waals surface area contributed by atoms with Crippen molar-refractivity contribution >= 4 is 23.6 Å². The molecule has 11 heavy (non-hydrogen) atoms. The Bertz CT molecular complexity index is 347. The lowest BCUT2D eigenvalue weighted by Gasteiger charge is -2.00. The van der Waals surface area contributed by atoms with E-state index in [9.17, 15) is 4.79 Å². The molecule has 0 aromatic rings. The van der Waals surface area contributed by atoms with Crippen molar-refractivity contribution < 1.29 is 4.79 Å². The molecule has 1 heterocycles. The lowest BCUT2D eigenvalue weighted by molar-refractivity contribution is -0.110. The average molecular weight is 166 g/mol. The van der Waals surface area contributed by atoms with Gasteiger partial charge < -0.3 is 0 Å². The smallest absolute Gasteiger partial charge is 0.179 e. The van der Waals surface area contributed by atoms with E-state index in [0.717, 1.165) is 11.1 Å². The molecular weight excluding hydrogens is 162 g/mol. The third-order valence-electron chi connectivity index (χ3n) is 1.56. The van der Waals surface area contributed by atoms with Crippen LogP contribution in [0.4, 0.5) is 0 Å². The lowest BCUT2D eigenvalue weighted by Crippen LogP contribution is -1.97. The van der Waals surface area contributed by atoms with Crippen molar-refractivity contribution in [3.63, 3.8) is 0 Å². The summed E-state index contributed by atoms with van der Waals surface area (Å²) in [5.74, 6) is -0.0124. The molecule has 54 valence electrons. The number of carbonyl (C=O) groups excluding carboxylic acids is 1. The molecule has 1 aliphatic heterocycles. The summed E-state index contributed by atoms with van der Waals surface area (Å²) in [5.41, 5.74) is 1.65. The zero-order valence-corrected chi connectivity index (χ0v) is 6.30. The molecule has 3 heteroatoms. The van der Waals surface area contributed by atoms with Gasteiger partial charge in [0.15, 0.2) is 5.78 Å². The number of hydrogen-bond acceptors (Lipinski definition) is 2. The standard InChI is InChI=1S/C8H4ClNO/c9-8-7-2-1-6(11)3-5(7)4-10-8/h1-4H. The highest BCUT2D eigenvalue weighted by atomic mass is 35.5. The second-order valence-electron chi connectivity index (χ2n) is 2.30. The Hall–Kier alpha value is -1.15. The van der Waals surface area contributed by atoms with Crippen LogP contribution >= 0.6 is 11.6 Å². The van der Waals surface area contributed by atoms with E-state index in [-0.39, 0.29) is 5.78 Å². The number of fused-ring (bicyclic) bond motifs is 1. The van der Waals surface area contributed by atoms with Gasteiger partial charge in [-0.3, -0.25) is 4.79 Å². The third kappa shape index (κ3) is 0.955. The van der Waals surface area contributed by atoms with Crippen molar-refractivity contribution in [2.24, 2.45) is 4.99 Å². The highest BCUT2D eigenvalue weighted by Gasteiger charge is 2.15. The molecule has 0 saturated carbocycles. The number of allylic oxidation sites excluding steroid dienone is 5. The predicted molar refractivity (Wildman–Crippen MR) is 43.6 cm³/mol. The van der Waals surface area contributed by atoms with Crippen LogP contribution < -0.4 is 0 Å². The first-order valence-electron chi connectivity index (χ1n) is 3.15. The fourth-order valence-electron chi connectivity index (χ4n) is 1.03. The third-order valence-corrected chi connectivity index (χ3v) is 1.86. The topological polar surface area (TPSA) is 29.4 Å². The molecule has 0 atom stereocenters. The van der Waals surface area contributed by atoms with Crippen LogP contribution in [0, 0.1) is 0 Å². The quantitative estimate of drug-likeness (QED) is 0.501. The van der Waals surface area contributed by atoms with Gasteiger partial charge in [-0.2, -0.15) is 0 Å². The van der Waals surface area contributed by atoms with Gasteiger partial charge in [0.25, 0.3) is 0 Å². The van der Waals surface area contributed by atoms with Gasteiger partial charge in [-0.05, 0) is 18.2 Å². The molecule has 2 rings (SSSR count). The molecule has 1 aliphatic carbocycles. The fourth-order valence-corrected chi connectivity index (χ4v) is 1.25. The Kier molecular flexibility index (Phi) is 1.29. The van der Waals surface area contributed by atoms with Crippen LogP contribution in [0.1, 0.15) is 0 Å². The number of nitrogens with zero attached hydrogens (tertiary/aromatic N) is 1. The Balaban J connectivity index is 2.55. The zero-order valence-electron chi connectivity index (χ0n) is 5.54. The number of ketones is 1. The lowest BCUT2D eigenvalue weighted by atomic mass is 10.0. The molecule has 2 nitrogen and oxygen atoms in total. The minimum Gasteiger partial charge on any atom is -0.290 e. The molecule has 0 aromatic carbocycles. The van der Waals surface area contributed by atoms with Gasteiger partial charge in [-0.1, -0.05) is 11.6 Å². The van der Waals surface area contributed by atoms with Gasteiger partial charge in [0.05, 0.1) is 0 Å². The van der Waals surface area contributed by atoms with Crippen LogP contribution in [0.15, 0.2) is 39.5 Å². The highest BCUT2D eigenvalue weighted by molar-refractivity contribution is 6.32. The van der Waals surface area contributed by atoms with Crippen LogP contribution in [-0.2, 0) is 4.79 Å². The average Bonchev–Trinajstić information content (AvgIpc) is 2.32. The van der Waals surface area contributed by atoms with Crippen LogP contribution in [0.25, 0.3) is 0 Å². The second kappa shape index (κ2) is 2.17. The molecule has 0 saturated heterocycles. The predicted octanol–water partition coefficient (Wildman–Crippen LogP) is 1.59. The first kappa shape index (κ1) is 6.55. The van der Waals surface area contributed by atoms with Gasteiger partial charge in [0.2, 0.25) is 0 Å². The largest absolute Gasteiger partial charge is 0.290 e. The van der Waals surface area contributed by atoms with E-state index in [1.165, 1.54) is 12.2 Å². The first-order chi connectivity index (χ1) is 5.27. The second-order valence-corrected chi connectivity index (χ2v) is 2.66. The van der Waals surface area contributed by atoms with Crippen molar-refractivity contribution in [3.8, 4) is 0 Å². The molecule has 0 unspecified atom stereocenters. The highest BCUT2D eigenvalue weighted by Crippen LogP contribution is 2.27. The van der Waals surface area contributed by atoms with Gasteiger partial charge in [0.1, 0.15) is 5.16 Å². The van der Waals surface area contributed by atoms with Crippen molar-refractivity contribution in [2.75, 3.05) is 0 Å². The van der Waals surface area contributed by atoms with Crippen molar-refractivity contribution in [1.29, 1.82) is 0 Å². The van der Waals surface area contributed by atoms with E-state index in [1.807, 2.05) is 0 Å². The maximum absolute atomic E-state index is 10.8. The van der Waals surface area contributed by atoms with Gasteiger partial charge in [0, 0.05) is 17.4 Å². The molecule has 0 bridgehead atoms. The van der Waals surface area contributed by atoms with Crippen LogP contribution in [0.3, 0.4) is 0 Å². The van der Waals surface area contributed by atoms with E-state index in [0.29, 0.717) is 5.16 Å². The Morgan fingerprint density at radius 2 is 2.18 bits per heavy atom. The first-order valence-corrected chi connectivity index (χ1v) is 3.53. The summed E-state index contributed by atoms with van der Waals surface area (Å²) in [7, 11) is 0. The number of carbonyl (C=O) groups is 1. The van der Waals surface area contributed by atoms with E-state index >= 15 is 0 Å². The number of hydrogen-bond donors (Lipinski definition) is 0. The maximum Gasteiger partial charge on any atom is 0.179 e. The SMILES string of the molecule is O=C1C=CC2=C(Cl)N=CC2=C1. The Morgan fingerprint density at radius 1 is 1.36 bits per heavy atom. The molecule has 0 radical (unpaired) electrons. The molecule has 0 amide bonds. The summed E-state index contributed by atoms with van der Waals surface area (Å²) in [5, 5.41) is 0.458. The monoisotopic (exact) mass is 165 g/mol. The minimum absolute atomic E-state index is 0.0124. The fraction of sp³-hybridized carbons (Fsp3) is 0. The van der Waals surface area contributed by atoms with Crippen LogP contribution in [0.2, 0.25) is 0 Å². The van der Waals surface area contributed by atoms with Gasteiger partial charge >= 0.3 is 0 Å². The van der Waals surface area contributed by atoms with Crippen molar-refractivity contribution in [1.82, 2.24) is 0 Å². The van der Waals surface area contributed by atoms with Crippen LogP contribution in [0.5, 0.6) is 0 Å². The molecule has 2 aliphatic rings. The van der Waals surface area contributed by atoms with Crippen molar-refractivity contribution in [2.45, 2.75) is 0 Å². The Morgan fingerprint density at radius 3 is 3.00 bits per heavy atom. The Labute approximate surface area is 68.6 Å². The summed E-state index contributed by atoms with van der Waals surface area (Å²) in [6.45, 7) is 0. The van der Waals surface area contributed by atoms with Gasteiger partial charge in [-0.15, -0.1) is 0 Å². The zero-order chi connectivity index (χ0) is 7.84. The van der Waals surface area contributed by atoms with E-state index in [2.05, 4.69) is 4.99 Å². The number of aliphatic imine (C=N–C) groups is 1. The summed E-state index contributed by atoms with van der Waals surface area (Å²) >= 11 is 5.71. The maximum atomic E-state index is 10.8. The summed E-state index contributed by atoms with van der Waals surface area (Å²) in [6, 6.07) is 0. The number of rotatable bonds is 0. The molecule has 0 spiro atoms. The van der Waals surface area contributed by atoms with Crippen molar-refractivity contribution in [3.05, 3.63) is 34.5 Å². The number of halogens is 1. The van der Waals surface area contributed by atoms with E-state index in [4.69, 9.17) is 11.6 Å². The normalized spacial score (nSPS) is 20.8. The summed E-state index contributed by atoms with van der Waals surface area (Å²) < 4.78 is 0. The molecule has 0 fully saturated rings. The summed E-state index contributed by atoms with van der Waals surface area (Å²) in [6.07, 6.45) is 6.29. The molecule has 0 aromatic heterocycles. The molecular formula is C8H4ClNO.